The molecule has 8 nitrogen and oxygen atoms in total. The molecule has 1 aromatic rings. The lowest BCUT2D eigenvalue weighted by atomic mass is 10.0. The number of rotatable bonds is 2. The van der Waals surface area contributed by atoms with E-state index in [2.05, 4.69) is 33.3 Å². The van der Waals surface area contributed by atoms with Crippen molar-refractivity contribution in [3.05, 3.63) is 34.5 Å². The van der Waals surface area contributed by atoms with E-state index in [0.717, 1.165) is 24.8 Å². The summed E-state index contributed by atoms with van der Waals surface area (Å²) in [5, 5.41) is 8.43. The van der Waals surface area contributed by atoms with Gasteiger partial charge in [0.2, 0.25) is 0 Å². The lowest BCUT2D eigenvalue weighted by Crippen LogP contribution is -2.34. The quantitative estimate of drug-likeness (QED) is 0.208. The Kier molecular flexibility index (Phi) is 5.58. The van der Waals surface area contributed by atoms with Crippen LogP contribution in [-0.2, 0) is 21.5 Å². The fourth-order valence-corrected chi connectivity index (χ4v) is 2.76. The third-order valence-corrected chi connectivity index (χ3v) is 3.64. The van der Waals surface area contributed by atoms with E-state index < -0.39 is 10.1 Å². The van der Waals surface area contributed by atoms with Gasteiger partial charge in [-0.3, -0.25) is 9.35 Å². The summed E-state index contributed by atoms with van der Waals surface area (Å²) in [6.07, 6.45) is 11.3. The van der Waals surface area contributed by atoms with E-state index in [4.69, 9.17) is 10.4 Å². The minimum atomic E-state index is -3.67. The number of hydrogen-bond acceptors (Lipinski definition) is 5. The van der Waals surface area contributed by atoms with Crippen LogP contribution < -0.4 is 21.7 Å². The van der Waals surface area contributed by atoms with Crippen LogP contribution in [0.4, 0.5) is 0 Å². The Morgan fingerprint density at radius 3 is 2.83 bits per heavy atom. The highest BCUT2D eigenvalue weighted by atomic mass is 32.2. The Morgan fingerprint density at radius 2 is 2.17 bits per heavy atom. The van der Waals surface area contributed by atoms with Gasteiger partial charge in [0.05, 0.1) is 12.8 Å². The highest BCUT2D eigenvalue weighted by Crippen LogP contribution is 2.17. The van der Waals surface area contributed by atoms with Crippen molar-refractivity contribution in [2.45, 2.75) is 25.8 Å². The van der Waals surface area contributed by atoms with Crippen molar-refractivity contribution in [1.29, 1.82) is 0 Å². The van der Waals surface area contributed by atoms with Crippen LogP contribution in [0.5, 0.6) is 0 Å². The molecule has 1 aliphatic carbocycles. The first-order chi connectivity index (χ1) is 11.3. The van der Waals surface area contributed by atoms with Crippen LogP contribution in [0.25, 0.3) is 11.6 Å². The Morgan fingerprint density at radius 1 is 1.46 bits per heavy atom. The average Bonchev–Trinajstić information content (AvgIpc) is 2.80. The van der Waals surface area contributed by atoms with Crippen molar-refractivity contribution in [1.82, 2.24) is 9.88 Å². The Hall–Kier alpha value is -2.39. The number of amides is 1. The number of nitrogens with two attached hydrogens (primary N) is 1. The molecular weight excluding hydrogens is 332 g/mol. The molecule has 3 rings (SSSR count). The smallest absolute Gasteiger partial charge is 0.261 e. The van der Waals surface area contributed by atoms with Crippen LogP contribution in [0, 0.1) is 0 Å². The molecule has 0 radical (unpaired) electrons. The molecule has 24 heavy (non-hydrogen) atoms. The molecule has 130 valence electrons. The molecule has 9 heteroatoms. The molecule has 0 saturated carbocycles. The van der Waals surface area contributed by atoms with Crippen molar-refractivity contribution in [2.75, 3.05) is 6.26 Å². The van der Waals surface area contributed by atoms with Gasteiger partial charge < -0.3 is 15.7 Å². The van der Waals surface area contributed by atoms with Crippen LogP contribution in [0.2, 0.25) is 0 Å². The standard InChI is InChI=1S/C14H16N4O.CH4O3S/c15-17-9-16-14(19)12-5-4-10-2-1-3-11-6-7-18(8-12)13(10)11;1-5(2,3)4/h3,5-7,9H,1-2,4,8,15H2,(H,16,17,19);1H3,(H,2,3,4). The van der Waals surface area contributed by atoms with E-state index in [1.54, 1.807) is 0 Å². The van der Waals surface area contributed by atoms with E-state index in [1.807, 2.05) is 6.08 Å². The van der Waals surface area contributed by atoms with Gasteiger partial charge in [0.1, 0.15) is 6.34 Å². The zero-order chi connectivity index (χ0) is 17.7. The number of carbonyl (C=O) groups is 1. The summed E-state index contributed by atoms with van der Waals surface area (Å²) in [6, 6.07) is 2.12. The highest BCUT2D eigenvalue weighted by Gasteiger charge is 2.16. The summed E-state index contributed by atoms with van der Waals surface area (Å²) in [5.41, 5.74) is 2.16. The van der Waals surface area contributed by atoms with Gasteiger partial charge in [-0.25, -0.2) is 0 Å². The first-order valence-corrected chi connectivity index (χ1v) is 9.16. The van der Waals surface area contributed by atoms with Gasteiger partial charge in [-0.1, -0.05) is 12.2 Å². The molecule has 0 spiro atoms. The minimum Gasteiger partial charge on any atom is -0.343 e. The SMILES string of the molecule is CS(=O)(=O)O.NN=CNC(=O)C1=CCC2=c3c(ccn3C1)=CCC2. The second-order valence-electron chi connectivity index (χ2n) is 5.51. The Labute approximate surface area is 139 Å². The van der Waals surface area contributed by atoms with E-state index in [-0.39, 0.29) is 5.91 Å². The fraction of sp³-hybridized carbons (Fsp3) is 0.333. The maximum atomic E-state index is 12.0. The number of carbonyl (C=O) groups excluding carboxylic acids is 1. The Bertz CT molecular complexity index is 902. The maximum Gasteiger partial charge on any atom is 0.261 e. The van der Waals surface area contributed by atoms with Gasteiger partial charge in [0.25, 0.3) is 16.0 Å². The first kappa shape index (κ1) is 18.0. The van der Waals surface area contributed by atoms with Gasteiger partial charge in [-0.2, -0.15) is 13.5 Å². The van der Waals surface area contributed by atoms with Crippen LogP contribution in [0.1, 0.15) is 19.3 Å². The summed E-state index contributed by atoms with van der Waals surface area (Å²) >= 11 is 0. The number of aromatic nitrogens is 1. The average molecular weight is 352 g/mol. The second kappa shape index (κ2) is 7.45. The lowest BCUT2D eigenvalue weighted by molar-refractivity contribution is -0.116. The zero-order valence-electron chi connectivity index (χ0n) is 13.3. The normalized spacial score (nSPS) is 16.2. The third-order valence-electron chi connectivity index (χ3n) is 3.64. The summed E-state index contributed by atoms with van der Waals surface area (Å²) in [4.78, 5) is 12.0. The molecule has 2 aliphatic rings. The largest absolute Gasteiger partial charge is 0.343 e. The van der Waals surface area contributed by atoms with Crippen LogP contribution in [-0.4, -0.2) is 36.0 Å². The molecule has 1 amide bonds. The predicted molar refractivity (Wildman–Crippen MR) is 91.8 cm³/mol. The molecule has 1 aliphatic heterocycles. The Balaban J connectivity index is 0.000000368. The molecular formula is C15H20N4O4S. The van der Waals surface area contributed by atoms with Crippen molar-refractivity contribution < 1.29 is 17.8 Å². The van der Waals surface area contributed by atoms with E-state index in [1.165, 1.54) is 22.5 Å². The van der Waals surface area contributed by atoms with Crippen molar-refractivity contribution in [3.63, 3.8) is 0 Å². The highest BCUT2D eigenvalue weighted by molar-refractivity contribution is 7.85. The maximum absolute atomic E-state index is 12.0. The van der Waals surface area contributed by atoms with E-state index in [9.17, 15) is 13.2 Å². The molecule has 4 N–H and O–H groups in total. The molecule has 0 fully saturated rings. The van der Waals surface area contributed by atoms with Crippen molar-refractivity contribution in [2.24, 2.45) is 10.9 Å². The number of nitrogens with zero attached hydrogens (tertiary/aromatic N) is 2. The summed E-state index contributed by atoms with van der Waals surface area (Å²) in [5.74, 6) is 4.85. The third kappa shape index (κ3) is 4.80. The second-order valence-corrected chi connectivity index (χ2v) is 6.98. The summed E-state index contributed by atoms with van der Waals surface area (Å²) in [6.45, 7) is 0.594. The van der Waals surface area contributed by atoms with E-state index >= 15 is 0 Å². The van der Waals surface area contributed by atoms with Crippen molar-refractivity contribution >= 4 is 34.0 Å². The van der Waals surface area contributed by atoms with Crippen LogP contribution in [0.15, 0.2) is 29.0 Å². The molecule has 0 atom stereocenters. The van der Waals surface area contributed by atoms with Gasteiger partial charge in [0.15, 0.2) is 0 Å². The lowest BCUT2D eigenvalue weighted by Gasteiger charge is -2.08. The molecule has 0 unspecified atom stereocenters. The number of hydrazone groups is 1. The van der Waals surface area contributed by atoms with E-state index in [0.29, 0.717) is 12.8 Å². The molecule has 2 heterocycles. The molecule has 0 saturated heterocycles. The van der Waals surface area contributed by atoms with Gasteiger partial charge in [-0.05, 0) is 36.1 Å². The topological polar surface area (TPSA) is 127 Å². The molecule has 1 aromatic heterocycles. The summed E-state index contributed by atoms with van der Waals surface area (Å²) in [7, 11) is -3.67. The summed E-state index contributed by atoms with van der Waals surface area (Å²) < 4.78 is 28.0. The fourth-order valence-electron chi connectivity index (χ4n) is 2.76. The predicted octanol–water partition coefficient (Wildman–Crippen LogP) is -0.935. The number of allylic oxidation sites excluding steroid dienone is 1. The van der Waals surface area contributed by atoms with Crippen LogP contribution >= 0.6 is 0 Å². The number of nitrogens with one attached hydrogen (secondary N) is 1. The molecule has 0 bridgehead atoms. The van der Waals surface area contributed by atoms with Crippen LogP contribution in [0.3, 0.4) is 0 Å². The first-order valence-electron chi connectivity index (χ1n) is 7.31. The van der Waals surface area contributed by atoms with Gasteiger partial charge in [-0.15, -0.1) is 0 Å². The molecule has 0 aromatic carbocycles. The zero-order valence-corrected chi connectivity index (χ0v) is 14.1. The van der Waals surface area contributed by atoms with Crippen molar-refractivity contribution in [3.8, 4) is 0 Å². The monoisotopic (exact) mass is 352 g/mol. The number of hydrogen-bond donors (Lipinski definition) is 3. The van der Waals surface area contributed by atoms with Gasteiger partial charge in [0, 0.05) is 17.1 Å². The minimum absolute atomic E-state index is 0.139. The van der Waals surface area contributed by atoms with Gasteiger partial charge >= 0.3 is 0 Å².